The number of halogens is 2. The first-order valence-electron chi connectivity index (χ1n) is 11.2. The van der Waals surface area contributed by atoms with Gasteiger partial charge in [-0.25, -0.2) is 4.39 Å². The van der Waals surface area contributed by atoms with Gasteiger partial charge in [0.2, 0.25) is 5.91 Å². The minimum Gasteiger partial charge on any atom is -0.506 e. The van der Waals surface area contributed by atoms with Crippen molar-refractivity contribution in [2.24, 2.45) is 5.73 Å². The maximum absolute atomic E-state index is 12.5. The van der Waals surface area contributed by atoms with E-state index in [-0.39, 0.29) is 16.3 Å². The topological polar surface area (TPSA) is 108 Å². The van der Waals surface area contributed by atoms with E-state index in [4.69, 9.17) is 32.6 Å². The Balaban J connectivity index is 0.000000275. The lowest BCUT2D eigenvalue weighted by atomic mass is 10.0. The largest absolute Gasteiger partial charge is 0.506 e. The summed E-state index contributed by atoms with van der Waals surface area (Å²) < 4.78 is 18.4. The normalized spacial score (nSPS) is 10.4. The molecule has 6 nitrogen and oxygen atoms in total. The van der Waals surface area contributed by atoms with Crippen LogP contribution in [0.5, 0.6) is 11.5 Å². The summed E-state index contributed by atoms with van der Waals surface area (Å²) in [6, 6.07) is 23.3. The van der Waals surface area contributed by atoms with Crippen LogP contribution < -0.4 is 15.8 Å². The number of fused-ring (bicyclic) bond motifs is 1. The summed E-state index contributed by atoms with van der Waals surface area (Å²) in [6.07, 6.45) is 1.36. The molecule has 186 valence electrons. The molecule has 0 aliphatic carbocycles. The number of amides is 1. The van der Waals surface area contributed by atoms with Gasteiger partial charge in [0.15, 0.2) is 0 Å². The van der Waals surface area contributed by atoms with Crippen molar-refractivity contribution in [2.75, 3.05) is 13.2 Å². The number of primary amides is 1. The number of phenols is 1. The van der Waals surface area contributed by atoms with Crippen molar-refractivity contribution in [3.63, 3.8) is 0 Å². The Bertz CT molecular complexity index is 1330. The second-order valence-corrected chi connectivity index (χ2v) is 8.26. The molecule has 0 saturated carbocycles. The van der Waals surface area contributed by atoms with Crippen molar-refractivity contribution in [2.45, 2.75) is 13.2 Å². The Kier molecular flexibility index (Phi) is 9.80. The average Bonchev–Trinajstić information content (AvgIpc) is 2.90. The Hall–Kier alpha value is -3.94. The Morgan fingerprint density at radius 3 is 2.36 bits per heavy atom. The Labute approximate surface area is 214 Å². The van der Waals surface area contributed by atoms with Crippen LogP contribution in [0.25, 0.3) is 10.8 Å². The van der Waals surface area contributed by atoms with Crippen molar-refractivity contribution in [3.05, 3.63) is 106 Å². The fourth-order valence-electron chi connectivity index (χ4n) is 3.42. The number of nitrogens with one attached hydrogen (secondary N) is 2. The minimum absolute atomic E-state index is 0.0586. The van der Waals surface area contributed by atoms with Gasteiger partial charge < -0.3 is 26.3 Å². The summed E-state index contributed by atoms with van der Waals surface area (Å²) in [7, 11) is 0. The van der Waals surface area contributed by atoms with E-state index in [1.165, 1.54) is 24.4 Å². The third-order valence-electron chi connectivity index (χ3n) is 5.35. The fraction of sp³-hybridized carbons (Fsp3) is 0.143. The molecule has 0 heterocycles. The summed E-state index contributed by atoms with van der Waals surface area (Å²) >= 11 is 5.50. The molecule has 0 unspecified atom stereocenters. The van der Waals surface area contributed by atoms with E-state index in [0.29, 0.717) is 18.7 Å². The third kappa shape index (κ3) is 7.28. The molecule has 0 aliphatic rings. The van der Waals surface area contributed by atoms with E-state index < -0.39 is 12.6 Å². The average molecular weight is 508 g/mol. The standard InChI is InChI=1S/C21H21FN2O.C7H6ClNO2/c22-13-16-5-7-17(8-6-16)15-24-11-12-25-21-10-9-18(14-23)19-3-1-2-4-20(19)21;8-5-3-4(7(9)11)1-2-6(5)10/h1-10,14,23-24H,11-13,15H2;1-3,10H,(H2,9,11). The smallest absolute Gasteiger partial charge is 0.248 e. The van der Waals surface area contributed by atoms with Crippen LogP contribution in [-0.4, -0.2) is 30.4 Å². The second kappa shape index (κ2) is 13.2. The lowest BCUT2D eigenvalue weighted by molar-refractivity contribution is 0.100. The number of rotatable bonds is 9. The number of hydrogen-bond acceptors (Lipinski definition) is 5. The molecular weight excluding hydrogens is 481 g/mol. The van der Waals surface area contributed by atoms with Crippen molar-refractivity contribution in [1.29, 1.82) is 5.41 Å². The maximum atomic E-state index is 12.5. The molecule has 0 fully saturated rings. The maximum Gasteiger partial charge on any atom is 0.248 e. The number of alkyl halides is 1. The lowest BCUT2D eigenvalue weighted by Crippen LogP contribution is -2.20. The van der Waals surface area contributed by atoms with Crippen LogP contribution in [-0.2, 0) is 13.2 Å². The molecule has 0 aromatic heterocycles. The van der Waals surface area contributed by atoms with Gasteiger partial charge in [0, 0.05) is 35.8 Å². The number of carbonyl (C=O) groups is 1. The van der Waals surface area contributed by atoms with Crippen LogP contribution in [0.4, 0.5) is 4.39 Å². The highest BCUT2D eigenvalue weighted by molar-refractivity contribution is 6.32. The van der Waals surface area contributed by atoms with Crippen molar-refractivity contribution < 1.29 is 19.0 Å². The molecule has 36 heavy (non-hydrogen) atoms. The van der Waals surface area contributed by atoms with Crippen molar-refractivity contribution >= 4 is 34.5 Å². The first-order valence-corrected chi connectivity index (χ1v) is 11.6. The summed E-state index contributed by atoms with van der Waals surface area (Å²) in [5.41, 5.74) is 7.95. The van der Waals surface area contributed by atoms with Gasteiger partial charge >= 0.3 is 0 Å². The molecular formula is C28H27ClFN3O3. The zero-order valence-corrected chi connectivity index (χ0v) is 20.3. The highest BCUT2D eigenvalue weighted by atomic mass is 35.5. The Morgan fingerprint density at radius 1 is 1.03 bits per heavy atom. The number of aromatic hydroxyl groups is 1. The third-order valence-corrected chi connectivity index (χ3v) is 5.65. The molecule has 5 N–H and O–H groups in total. The molecule has 4 aromatic rings. The van der Waals surface area contributed by atoms with Crippen molar-refractivity contribution in [1.82, 2.24) is 5.32 Å². The van der Waals surface area contributed by atoms with E-state index >= 15 is 0 Å². The number of ether oxygens (including phenoxy) is 1. The van der Waals surface area contributed by atoms with Crippen LogP contribution in [0, 0.1) is 5.41 Å². The minimum atomic E-state index is -0.563. The number of hydrogen-bond donors (Lipinski definition) is 4. The van der Waals surface area contributed by atoms with Gasteiger partial charge in [0.05, 0.1) is 5.02 Å². The summed E-state index contributed by atoms with van der Waals surface area (Å²) in [6.45, 7) is 1.57. The highest BCUT2D eigenvalue weighted by Crippen LogP contribution is 2.27. The quantitative estimate of drug-likeness (QED) is 0.174. The first-order chi connectivity index (χ1) is 17.4. The van der Waals surface area contributed by atoms with Gasteiger partial charge in [-0.1, -0.05) is 60.1 Å². The molecule has 0 atom stereocenters. The summed E-state index contributed by atoms with van der Waals surface area (Å²) in [5.74, 6) is 0.207. The van der Waals surface area contributed by atoms with Crippen molar-refractivity contribution in [3.8, 4) is 11.5 Å². The van der Waals surface area contributed by atoms with Gasteiger partial charge in [0.1, 0.15) is 24.8 Å². The number of carbonyl (C=O) groups excluding carboxylic acids is 1. The molecule has 0 spiro atoms. The van der Waals surface area contributed by atoms with E-state index in [1.54, 1.807) is 0 Å². The van der Waals surface area contributed by atoms with E-state index in [0.717, 1.165) is 34.2 Å². The van der Waals surface area contributed by atoms with Gasteiger partial charge in [-0.2, -0.15) is 0 Å². The van der Waals surface area contributed by atoms with Gasteiger partial charge in [0.25, 0.3) is 0 Å². The van der Waals surface area contributed by atoms with E-state index in [2.05, 4.69) is 5.32 Å². The van der Waals surface area contributed by atoms with E-state index in [1.807, 2.05) is 60.7 Å². The fourth-order valence-corrected chi connectivity index (χ4v) is 3.60. The molecule has 0 aliphatic heterocycles. The summed E-state index contributed by atoms with van der Waals surface area (Å²) in [4.78, 5) is 10.5. The van der Waals surface area contributed by atoms with Gasteiger partial charge in [-0.3, -0.25) is 4.79 Å². The zero-order valence-electron chi connectivity index (χ0n) is 19.5. The number of nitrogens with two attached hydrogens (primary N) is 1. The molecule has 4 rings (SSSR count). The molecule has 8 heteroatoms. The predicted molar refractivity (Wildman–Crippen MR) is 142 cm³/mol. The number of benzene rings is 4. The molecule has 0 bridgehead atoms. The van der Waals surface area contributed by atoms with Gasteiger partial charge in [-0.15, -0.1) is 0 Å². The van der Waals surface area contributed by atoms with Crippen LogP contribution >= 0.6 is 11.6 Å². The van der Waals surface area contributed by atoms with Gasteiger partial charge in [-0.05, 0) is 46.8 Å². The van der Waals surface area contributed by atoms with Crippen LogP contribution in [0.2, 0.25) is 5.02 Å². The monoisotopic (exact) mass is 507 g/mol. The zero-order chi connectivity index (χ0) is 25.9. The highest BCUT2D eigenvalue weighted by Gasteiger charge is 2.05. The second-order valence-electron chi connectivity index (χ2n) is 7.85. The van der Waals surface area contributed by atoms with Crippen LogP contribution in [0.1, 0.15) is 27.0 Å². The lowest BCUT2D eigenvalue weighted by Gasteiger charge is -2.11. The SMILES string of the molecule is N=Cc1ccc(OCCNCc2ccc(CF)cc2)c2ccccc12.NC(=O)c1ccc(O)c(Cl)c1. The van der Waals surface area contributed by atoms with Crippen LogP contribution in [0.15, 0.2) is 78.9 Å². The first kappa shape index (κ1) is 26.7. The number of phenolic OH excluding ortho intramolecular Hbond substituents is 1. The molecule has 1 amide bonds. The molecule has 0 saturated heterocycles. The molecule has 4 aromatic carbocycles. The predicted octanol–water partition coefficient (Wildman–Crippen LogP) is 5.62. The van der Waals surface area contributed by atoms with E-state index in [9.17, 15) is 9.18 Å². The van der Waals surface area contributed by atoms with Crippen LogP contribution in [0.3, 0.4) is 0 Å². The Morgan fingerprint density at radius 2 is 1.72 bits per heavy atom. The summed E-state index contributed by atoms with van der Waals surface area (Å²) in [5, 5.41) is 21.9. The molecule has 0 radical (unpaired) electrons.